The molecule has 6 aliphatic rings. The molecule has 16 heteroatoms. The Balaban J connectivity index is 0.732. The first-order valence-corrected chi connectivity index (χ1v) is 27.3. The number of aromatic nitrogens is 3. The van der Waals surface area contributed by atoms with Crippen LogP contribution >= 0.6 is 11.3 Å². The van der Waals surface area contributed by atoms with Crippen LogP contribution in [0.5, 0.6) is 11.8 Å². The molecule has 2 bridgehead atoms. The number of anilines is 2. The van der Waals surface area contributed by atoms with Gasteiger partial charge in [-0.25, -0.2) is 4.98 Å². The van der Waals surface area contributed by atoms with E-state index in [-0.39, 0.29) is 29.5 Å². The van der Waals surface area contributed by atoms with E-state index in [2.05, 4.69) is 59.9 Å². The molecule has 3 amide bonds. The lowest BCUT2D eigenvalue weighted by Crippen LogP contribution is -2.57. The second-order valence-electron chi connectivity index (χ2n) is 21.8. The third-order valence-corrected chi connectivity index (χ3v) is 16.7. The van der Waals surface area contributed by atoms with E-state index < -0.39 is 17.5 Å². The van der Waals surface area contributed by atoms with Crippen molar-refractivity contribution >= 4 is 51.3 Å². The molecule has 3 aromatic carbocycles. The zero-order valence-electron chi connectivity index (χ0n) is 42.5. The van der Waals surface area contributed by atoms with Gasteiger partial charge in [0.1, 0.15) is 30.3 Å². The molecule has 2 aromatic heterocycles. The Morgan fingerprint density at radius 3 is 2.61 bits per heavy atom. The summed E-state index contributed by atoms with van der Waals surface area (Å²) in [6, 6.07) is 20.2. The fraction of sp³-hybridized carbons (Fsp3) is 0.536. The molecule has 11 rings (SSSR count). The first kappa shape index (κ1) is 49.7. The molecule has 0 saturated carbocycles. The SMILES string of the molecule is Cc1ncsc1-c1ccc(CNC(=O)[C@@H]2CCCN2C(=O)[C@@H](NC(=O)CCCCN2CCC[C@H]2COc2nc3c(c(N4CC5CCCC4CN5)n2)CCN(c2cc(O)cc4ccccc24)C3)C(C)(C)C)cc1. The van der Waals surface area contributed by atoms with Crippen LogP contribution in [-0.2, 0) is 33.9 Å². The van der Waals surface area contributed by atoms with E-state index in [0.29, 0.717) is 63.6 Å². The highest BCUT2D eigenvalue weighted by Crippen LogP contribution is 2.38. The van der Waals surface area contributed by atoms with Crippen LogP contribution in [0.25, 0.3) is 21.2 Å². The predicted octanol–water partition coefficient (Wildman–Crippen LogP) is 7.51. The Hall–Kier alpha value is -5.84. The number of ether oxygens (including phenoxy) is 1. The minimum absolute atomic E-state index is 0.147. The summed E-state index contributed by atoms with van der Waals surface area (Å²) in [6.45, 7) is 14.3. The Labute approximate surface area is 428 Å². The van der Waals surface area contributed by atoms with Crippen molar-refractivity contribution in [1.29, 1.82) is 0 Å². The molecular formula is C56H72N10O5S. The number of fused-ring (bicyclic) bond motifs is 6. The van der Waals surface area contributed by atoms with Crippen LogP contribution in [0.15, 0.2) is 66.2 Å². The molecule has 5 fully saturated rings. The summed E-state index contributed by atoms with van der Waals surface area (Å²) < 4.78 is 6.63. The van der Waals surface area contributed by atoms with E-state index in [0.717, 1.165) is 121 Å². The van der Waals surface area contributed by atoms with Crippen molar-refractivity contribution in [3.05, 3.63) is 88.7 Å². The second kappa shape index (κ2) is 21.7. The summed E-state index contributed by atoms with van der Waals surface area (Å²) in [7, 11) is 0. The fourth-order valence-corrected chi connectivity index (χ4v) is 12.6. The lowest BCUT2D eigenvalue weighted by molar-refractivity contribution is -0.144. The number of nitrogens with one attached hydrogen (secondary N) is 3. The van der Waals surface area contributed by atoms with Crippen molar-refractivity contribution in [3.8, 4) is 22.2 Å². The topological polar surface area (TPSA) is 168 Å². The van der Waals surface area contributed by atoms with Gasteiger partial charge in [0.25, 0.3) is 0 Å². The molecule has 5 atom stereocenters. The first-order chi connectivity index (χ1) is 34.9. The molecule has 4 N–H and O–H groups in total. The number of phenols is 1. The lowest BCUT2D eigenvalue weighted by Gasteiger charge is -2.41. The Morgan fingerprint density at radius 2 is 1.79 bits per heavy atom. The lowest BCUT2D eigenvalue weighted by atomic mass is 9.85. The Morgan fingerprint density at radius 1 is 0.958 bits per heavy atom. The number of unbranched alkanes of at least 4 members (excludes halogenated alkanes) is 1. The van der Waals surface area contributed by atoms with Crippen molar-refractivity contribution in [2.45, 2.75) is 142 Å². The van der Waals surface area contributed by atoms with Gasteiger partial charge in [0.2, 0.25) is 17.7 Å². The first-order valence-electron chi connectivity index (χ1n) is 26.5. The standard InChI is InChI=1S/C56H72N10O5S/c1-36-50(72-35-59-36)38-21-19-37(20-22-38)30-58-53(69)47-17-11-26-65(47)54(70)51(56(2,3)4)61-49(68)18-7-8-24-63-25-10-15-42(63)34-71-55-60-46-33-64(48-29-43(67)28-39-12-5-6-16-44(39)48)27-23-45(46)52(62-55)66-32-40-13-9-14-41(66)31-57-40/h5-6,12,16,19-22,28-29,35,40-42,47,51,57,67H,7-11,13-15,17-18,23-27,30-34H2,1-4H3,(H,58,69)(H,61,68)/t40?,41?,42-,47-,51+/m0/s1. The Bertz CT molecular complexity index is 2740. The number of nitrogens with zero attached hydrogens (tertiary/aromatic N) is 7. The molecule has 0 radical (unpaired) electrons. The van der Waals surface area contributed by atoms with E-state index in [4.69, 9.17) is 14.7 Å². The molecule has 72 heavy (non-hydrogen) atoms. The third kappa shape index (κ3) is 11.1. The Kier molecular flexibility index (Phi) is 15.0. The predicted molar refractivity (Wildman–Crippen MR) is 283 cm³/mol. The molecule has 382 valence electrons. The number of benzene rings is 3. The average molecular weight is 997 g/mol. The number of hydrogen-bond donors (Lipinski definition) is 4. The van der Waals surface area contributed by atoms with E-state index in [1.165, 1.54) is 18.4 Å². The van der Waals surface area contributed by atoms with Crippen LogP contribution in [0.4, 0.5) is 11.5 Å². The number of piperazine rings is 1. The fourth-order valence-electron chi connectivity index (χ4n) is 11.8. The maximum atomic E-state index is 14.2. The third-order valence-electron chi connectivity index (χ3n) is 15.7. The average Bonchev–Trinajstić information content (AvgIpc) is 4.10. The van der Waals surface area contributed by atoms with E-state index in [1.54, 1.807) is 16.2 Å². The number of carbonyl (C=O) groups is 3. The van der Waals surface area contributed by atoms with Crippen LogP contribution in [0.3, 0.4) is 0 Å². The number of phenolic OH excluding ortho intramolecular Hbond substituents is 1. The van der Waals surface area contributed by atoms with Crippen molar-refractivity contribution in [2.24, 2.45) is 5.41 Å². The maximum absolute atomic E-state index is 14.2. The number of carbonyl (C=O) groups excluding carboxylic acids is 3. The van der Waals surface area contributed by atoms with Gasteiger partial charge in [0.05, 0.1) is 28.3 Å². The summed E-state index contributed by atoms with van der Waals surface area (Å²) in [4.78, 5) is 66.3. The number of hydrogen-bond acceptors (Lipinski definition) is 13. The normalized spacial score (nSPS) is 21.7. The summed E-state index contributed by atoms with van der Waals surface area (Å²) >= 11 is 1.61. The molecule has 0 spiro atoms. The molecule has 8 heterocycles. The highest BCUT2D eigenvalue weighted by molar-refractivity contribution is 7.13. The van der Waals surface area contributed by atoms with Crippen molar-refractivity contribution in [2.75, 3.05) is 55.7 Å². The van der Waals surface area contributed by atoms with Crippen LogP contribution in [0, 0.1) is 12.3 Å². The van der Waals surface area contributed by atoms with E-state index >= 15 is 0 Å². The van der Waals surface area contributed by atoms with Gasteiger partial charge in [-0.1, -0.05) is 69.3 Å². The van der Waals surface area contributed by atoms with E-state index in [9.17, 15) is 19.5 Å². The molecule has 15 nitrogen and oxygen atoms in total. The molecule has 5 saturated heterocycles. The van der Waals surface area contributed by atoms with Crippen molar-refractivity contribution in [1.82, 2.24) is 40.7 Å². The van der Waals surface area contributed by atoms with E-state index in [1.807, 2.05) is 69.6 Å². The second-order valence-corrected chi connectivity index (χ2v) is 22.6. The number of likely N-dealkylation sites (tertiary alicyclic amines) is 2. The van der Waals surface area contributed by atoms with Crippen molar-refractivity contribution < 1.29 is 24.2 Å². The summed E-state index contributed by atoms with van der Waals surface area (Å²) in [5.41, 5.74) is 7.58. The minimum Gasteiger partial charge on any atom is -0.508 e. The monoisotopic (exact) mass is 997 g/mol. The largest absolute Gasteiger partial charge is 0.508 e. The summed E-state index contributed by atoms with van der Waals surface area (Å²) in [6.07, 6.45) is 9.59. The summed E-state index contributed by atoms with van der Waals surface area (Å²) in [5.74, 6) is 0.759. The van der Waals surface area contributed by atoms with Crippen LogP contribution in [0.1, 0.15) is 107 Å². The molecule has 2 unspecified atom stereocenters. The number of thiazole rings is 1. The van der Waals surface area contributed by atoms with Gasteiger partial charge in [-0.15, -0.1) is 11.3 Å². The zero-order chi connectivity index (χ0) is 49.9. The van der Waals surface area contributed by atoms with Crippen LogP contribution in [-0.4, -0.2) is 124 Å². The molecule has 0 aliphatic carbocycles. The van der Waals surface area contributed by atoms with Crippen molar-refractivity contribution in [3.63, 3.8) is 0 Å². The molecule has 5 aromatic rings. The summed E-state index contributed by atoms with van der Waals surface area (Å²) in [5, 5.41) is 22.8. The van der Waals surface area contributed by atoms with Gasteiger partial charge in [-0.2, -0.15) is 9.97 Å². The highest BCUT2D eigenvalue weighted by Gasteiger charge is 2.42. The van der Waals surface area contributed by atoms with Gasteiger partial charge in [0, 0.05) is 80.0 Å². The quantitative estimate of drug-likeness (QED) is 0.0720. The number of aromatic hydroxyl groups is 1. The maximum Gasteiger partial charge on any atom is 0.318 e. The van der Waals surface area contributed by atoms with Gasteiger partial charge in [-0.05, 0) is 112 Å². The molecule has 6 aliphatic heterocycles. The van der Waals surface area contributed by atoms with Gasteiger partial charge >= 0.3 is 6.01 Å². The number of rotatable bonds is 16. The smallest absolute Gasteiger partial charge is 0.318 e. The van der Waals surface area contributed by atoms with Gasteiger partial charge in [0.15, 0.2) is 0 Å². The zero-order valence-corrected chi connectivity index (χ0v) is 43.3. The highest BCUT2D eigenvalue weighted by atomic mass is 32.1. The number of aryl methyl sites for hydroxylation is 1. The minimum atomic E-state index is -0.756. The molecular weight excluding hydrogens is 925 g/mol. The van der Waals surface area contributed by atoms with Crippen LogP contribution < -0.4 is 30.5 Å². The number of amides is 3. The van der Waals surface area contributed by atoms with Crippen LogP contribution in [0.2, 0.25) is 0 Å². The van der Waals surface area contributed by atoms with Gasteiger partial charge < -0.3 is 40.5 Å². The van der Waals surface area contributed by atoms with Gasteiger partial charge in [-0.3, -0.25) is 19.3 Å².